The van der Waals surface area contributed by atoms with Crippen molar-refractivity contribution in [2.75, 3.05) is 4.90 Å². The Morgan fingerprint density at radius 3 is 0.612 bits per heavy atom. The third-order valence-electron chi connectivity index (χ3n) is 11.6. The van der Waals surface area contributed by atoms with Crippen LogP contribution >= 0.6 is 0 Å². The van der Waals surface area contributed by atoms with Gasteiger partial charge in [0.05, 0.1) is 17.1 Å². The molecule has 0 aromatic heterocycles. The first-order valence-corrected chi connectivity index (χ1v) is 17.7. The van der Waals surface area contributed by atoms with Crippen LogP contribution in [0.15, 0.2) is 91.0 Å². The number of rotatable bonds is 6. The minimum atomic E-state index is 1.28. The third kappa shape index (κ3) is 5.50. The molecule has 0 aliphatic carbocycles. The third-order valence-corrected chi connectivity index (χ3v) is 11.6. The Kier molecular flexibility index (Phi) is 9.16. The molecule has 0 heterocycles. The number of anilines is 3. The number of hydrogen-bond donors (Lipinski definition) is 0. The summed E-state index contributed by atoms with van der Waals surface area (Å²) >= 11 is 0. The second-order valence-electron chi connectivity index (χ2n) is 14.1. The van der Waals surface area contributed by atoms with E-state index < -0.39 is 0 Å². The molecular formula is C48H51N. The Labute approximate surface area is 295 Å². The van der Waals surface area contributed by atoms with Crippen molar-refractivity contribution in [3.05, 3.63) is 158 Å². The standard InChI is InChI=1S/C48H51N/c1-28-34(7)46(35(8)29(2)43(28)40-22-16-13-17-23-40)49(47-36(9)30(3)44(31(4)37(47)10)41-24-18-14-19-25-41)48-38(11)32(5)45(33(6)39(48)12)42-26-20-15-21-27-42/h13-27H,1-12H3. The largest absolute Gasteiger partial charge is 0.309 e. The zero-order valence-electron chi connectivity index (χ0n) is 31.6. The maximum atomic E-state index is 2.66. The van der Waals surface area contributed by atoms with Crippen LogP contribution < -0.4 is 4.90 Å². The van der Waals surface area contributed by atoms with Gasteiger partial charge in [-0.2, -0.15) is 0 Å². The SMILES string of the molecule is Cc1c(C)c(N(c2c(C)c(C)c(-c3ccccc3)c(C)c2C)c2c(C)c(C)c(-c3ccccc3)c(C)c2C)c(C)c(C)c1-c1ccccc1. The van der Waals surface area contributed by atoms with Gasteiger partial charge < -0.3 is 4.90 Å². The van der Waals surface area contributed by atoms with E-state index in [1.165, 1.54) is 117 Å². The number of hydrogen-bond acceptors (Lipinski definition) is 1. The highest BCUT2D eigenvalue weighted by atomic mass is 15.2. The van der Waals surface area contributed by atoms with E-state index >= 15 is 0 Å². The fraction of sp³-hybridized carbons (Fsp3) is 0.250. The second kappa shape index (κ2) is 13.2. The molecule has 6 rings (SSSR count). The molecule has 0 saturated heterocycles. The molecular weight excluding hydrogens is 591 g/mol. The predicted octanol–water partition coefficient (Wildman–Crippen LogP) is 13.9. The minimum Gasteiger partial charge on any atom is -0.309 e. The molecule has 0 atom stereocenters. The van der Waals surface area contributed by atoms with Crippen molar-refractivity contribution >= 4 is 17.1 Å². The molecule has 0 bridgehead atoms. The second-order valence-corrected chi connectivity index (χ2v) is 14.1. The topological polar surface area (TPSA) is 3.24 Å². The Morgan fingerprint density at radius 1 is 0.245 bits per heavy atom. The molecule has 0 aliphatic heterocycles. The normalized spacial score (nSPS) is 11.3. The molecule has 0 amide bonds. The van der Waals surface area contributed by atoms with Gasteiger partial charge >= 0.3 is 0 Å². The Balaban J connectivity index is 1.76. The Morgan fingerprint density at radius 2 is 0.429 bits per heavy atom. The highest BCUT2D eigenvalue weighted by Crippen LogP contribution is 2.52. The lowest BCUT2D eigenvalue weighted by atomic mass is 9.83. The summed E-state index contributed by atoms with van der Waals surface area (Å²) in [5.74, 6) is 0. The lowest BCUT2D eigenvalue weighted by Crippen LogP contribution is -2.21. The van der Waals surface area contributed by atoms with Crippen LogP contribution in [-0.2, 0) is 0 Å². The van der Waals surface area contributed by atoms with E-state index in [0.717, 1.165) is 0 Å². The van der Waals surface area contributed by atoms with Crippen LogP contribution in [0.2, 0.25) is 0 Å². The summed E-state index contributed by atoms with van der Waals surface area (Å²) in [7, 11) is 0. The van der Waals surface area contributed by atoms with E-state index in [9.17, 15) is 0 Å². The van der Waals surface area contributed by atoms with Gasteiger partial charge in [0.1, 0.15) is 0 Å². The van der Waals surface area contributed by atoms with Crippen molar-refractivity contribution < 1.29 is 0 Å². The van der Waals surface area contributed by atoms with Gasteiger partial charge in [0, 0.05) is 0 Å². The van der Waals surface area contributed by atoms with Gasteiger partial charge in [0.15, 0.2) is 0 Å². The molecule has 6 aromatic rings. The fourth-order valence-corrected chi connectivity index (χ4v) is 8.33. The van der Waals surface area contributed by atoms with Gasteiger partial charge in [-0.25, -0.2) is 0 Å². The van der Waals surface area contributed by atoms with Crippen molar-refractivity contribution in [1.82, 2.24) is 0 Å². The van der Waals surface area contributed by atoms with E-state index in [4.69, 9.17) is 0 Å². The Hall–Kier alpha value is -4.88. The predicted molar refractivity (Wildman–Crippen MR) is 214 cm³/mol. The first kappa shape index (κ1) is 34.0. The van der Waals surface area contributed by atoms with E-state index in [0.29, 0.717) is 0 Å². The first-order valence-electron chi connectivity index (χ1n) is 17.7. The van der Waals surface area contributed by atoms with Crippen LogP contribution in [-0.4, -0.2) is 0 Å². The maximum Gasteiger partial charge on any atom is 0.0526 e. The van der Waals surface area contributed by atoms with Gasteiger partial charge in [0.25, 0.3) is 0 Å². The van der Waals surface area contributed by atoms with E-state index in [-0.39, 0.29) is 0 Å². The molecule has 0 radical (unpaired) electrons. The van der Waals surface area contributed by atoms with Crippen LogP contribution in [0.25, 0.3) is 33.4 Å². The van der Waals surface area contributed by atoms with Gasteiger partial charge in [-0.1, -0.05) is 91.0 Å². The molecule has 248 valence electrons. The van der Waals surface area contributed by atoms with Gasteiger partial charge in [-0.05, 0) is 183 Å². The van der Waals surface area contributed by atoms with Crippen molar-refractivity contribution in [2.24, 2.45) is 0 Å². The van der Waals surface area contributed by atoms with E-state index in [1.807, 2.05) is 0 Å². The van der Waals surface area contributed by atoms with Crippen LogP contribution in [0.5, 0.6) is 0 Å². The summed E-state index contributed by atoms with van der Waals surface area (Å²) < 4.78 is 0. The minimum absolute atomic E-state index is 1.28. The average Bonchev–Trinajstić information content (AvgIpc) is 3.11. The van der Waals surface area contributed by atoms with Crippen LogP contribution in [0.4, 0.5) is 17.1 Å². The summed E-state index contributed by atoms with van der Waals surface area (Å²) in [4.78, 5) is 2.66. The molecule has 49 heavy (non-hydrogen) atoms. The summed E-state index contributed by atoms with van der Waals surface area (Å²) in [5.41, 5.74) is 27.7. The highest BCUT2D eigenvalue weighted by Gasteiger charge is 2.30. The van der Waals surface area contributed by atoms with Crippen molar-refractivity contribution in [3.8, 4) is 33.4 Å². The molecule has 0 unspecified atom stereocenters. The van der Waals surface area contributed by atoms with Gasteiger partial charge in [0.2, 0.25) is 0 Å². The van der Waals surface area contributed by atoms with Gasteiger partial charge in [-0.15, -0.1) is 0 Å². The highest BCUT2D eigenvalue weighted by molar-refractivity contribution is 5.94. The lowest BCUT2D eigenvalue weighted by Gasteiger charge is -2.38. The summed E-state index contributed by atoms with van der Waals surface area (Å²) in [6.07, 6.45) is 0. The van der Waals surface area contributed by atoms with E-state index in [2.05, 4.69) is 179 Å². The summed E-state index contributed by atoms with van der Waals surface area (Å²) in [6, 6.07) is 32.7. The lowest BCUT2D eigenvalue weighted by molar-refractivity contribution is 1.10. The molecule has 6 aromatic carbocycles. The molecule has 1 heteroatoms. The molecule has 0 N–H and O–H groups in total. The maximum absolute atomic E-state index is 2.66. The fourth-order valence-electron chi connectivity index (χ4n) is 8.33. The van der Waals surface area contributed by atoms with Crippen molar-refractivity contribution in [2.45, 2.75) is 83.1 Å². The molecule has 0 saturated carbocycles. The molecule has 0 aliphatic rings. The quantitative estimate of drug-likeness (QED) is 0.175. The summed E-state index contributed by atoms with van der Waals surface area (Å²) in [6.45, 7) is 27.9. The molecule has 1 nitrogen and oxygen atoms in total. The van der Waals surface area contributed by atoms with Crippen LogP contribution in [0, 0.1) is 83.1 Å². The van der Waals surface area contributed by atoms with Crippen LogP contribution in [0.1, 0.15) is 66.8 Å². The Bertz CT molecular complexity index is 1860. The first-order chi connectivity index (χ1) is 23.4. The number of nitrogens with zero attached hydrogens (tertiary/aromatic N) is 1. The smallest absolute Gasteiger partial charge is 0.0526 e. The summed E-state index contributed by atoms with van der Waals surface area (Å²) in [5, 5.41) is 0. The van der Waals surface area contributed by atoms with Crippen molar-refractivity contribution in [1.29, 1.82) is 0 Å². The zero-order valence-corrected chi connectivity index (χ0v) is 31.6. The van der Waals surface area contributed by atoms with Crippen molar-refractivity contribution in [3.63, 3.8) is 0 Å². The van der Waals surface area contributed by atoms with E-state index in [1.54, 1.807) is 0 Å². The zero-order chi connectivity index (χ0) is 35.3. The molecule has 0 spiro atoms. The molecule has 0 fully saturated rings. The average molecular weight is 642 g/mol. The number of benzene rings is 6. The van der Waals surface area contributed by atoms with Gasteiger partial charge in [-0.3, -0.25) is 0 Å². The van der Waals surface area contributed by atoms with Crippen LogP contribution in [0.3, 0.4) is 0 Å². The monoisotopic (exact) mass is 641 g/mol.